The third-order valence-corrected chi connectivity index (χ3v) is 2.52. The number of phenolic OH excluding ortho intramolecular Hbond substituents is 1. The van der Waals surface area contributed by atoms with Gasteiger partial charge in [-0.25, -0.2) is 4.79 Å². The topological polar surface area (TPSA) is 46.5 Å². The molecule has 1 aromatic rings. The fourth-order valence-electron chi connectivity index (χ4n) is 1.47. The molecule has 0 saturated heterocycles. The van der Waals surface area contributed by atoms with Crippen LogP contribution >= 0.6 is 0 Å². The molecule has 0 aliphatic rings. The van der Waals surface area contributed by atoms with Gasteiger partial charge < -0.3 is 9.84 Å². The van der Waals surface area contributed by atoms with Crippen molar-refractivity contribution in [3.05, 3.63) is 29.3 Å². The fourth-order valence-corrected chi connectivity index (χ4v) is 1.47. The van der Waals surface area contributed by atoms with Gasteiger partial charge in [-0.3, -0.25) is 0 Å². The van der Waals surface area contributed by atoms with Gasteiger partial charge in [-0.05, 0) is 6.07 Å². The summed E-state index contributed by atoms with van der Waals surface area (Å²) in [7, 11) is 0.679. The Balaban J connectivity index is 3.60. The standard InChI is InChI=1S/C11H7F7O3/c1-21-8(20)7-5(3-2-4-6(7)19)9(12,13)10(14,15)11(16,17)18/h2-4,19H,1H3. The maximum atomic E-state index is 13.6. The lowest BCUT2D eigenvalue weighted by atomic mass is 9.95. The molecule has 0 aliphatic carbocycles. The van der Waals surface area contributed by atoms with Gasteiger partial charge in [0.05, 0.1) is 7.11 Å². The van der Waals surface area contributed by atoms with Crippen LogP contribution in [-0.2, 0) is 10.7 Å². The molecule has 0 bridgehead atoms. The maximum Gasteiger partial charge on any atom is 0.460 e. The number of carbonyl (C=O) groups excluding carboxylic acids is 1. The highest BCUT2D eigenvalue weighted by molar-refractivity contribution is 5.94. The number of carbonyl (C=O) groups is 1. The Bertz CT molecular complexity index is 551. The average Bonchev–Trinajstić information content (AvgIpc) is 2.35. The van der Waals surface area contributed by atoms with E-state index in [1.54, 1.807) is 0 Å². The second-order valence-electron chi connectivity index (χ2n) is 3.84. The van der Waals surface area contributed by atoms with Gasteiger partial charge in [0.25, 0.3) is 0 Å². The van der Waals surface area contributed by atoms with Crippen molar-refractivity contribution in [1.82, 2.24) is 0 Å². The summed E-state index contributed by atoms with van der Waals surface area (Å²) in [6.45, 7) is 0. The quantitative estimate of drug-likeness (QED) is 0.685. The van der Waals surface area contributed by atoms with E-state index in [1.165, 1.54) is 0 Å². The molecular weight excluding hydrogens is 313 g/mol. The first-order valence-corrected chi connectivity index (χ1v) is 5.11. The Hall–Kier alpha value is -2.00. The Morgan fingerprint density at radius 1 is 1.10 bits per heavy atom. The summed E-state index contributed by atoms with van der Waals surface area (Å²) in [5.41, 5.74) is -3.45. The van der Waals surface area contributed by atoms with Gasteiger partial charge in [0, 0.05) is 5.56 Å². The van der Waals surface area contributed by atoms with Gasteiger partial charge in [-0.15, -0.1) is 0 Å². The zero-order valence-corrected chi connectivity index (χ0v) is 10.1. The second kappa shape index (κ2) is 5.08. The molecule has 0 unspecified atom stereocenters. The number of halogens is 7. The highest BCUT2D eigenvalue weighted by Crippen LogP contribution is 2.53. The summed E-state index contributed by atoms with van der Waals surface area (Å²) in [5, 5.41) is 9.26. The van der Waals surface area contributed by atoms with E-state index in [-0.39, 0.29) is 6.07 Å². The minimum absolute atomic E-state index is 0.172. The van der Waals surface area contributed by atoms with E-state index in [4.69, 9.17) is 0 Å². The predicted octanol–water partition coefficient (Wildman–Crippen LogP) is 3.47. The maximum absolute atomic E-state index is 13.6. The molecular formula is C11H7F7O3. The van der Waals surface area contributed by atoms with Gasteiger partial charge in [-0.2, -0.15) is 30.7 Å². The molecule has 10 heteroatoms. The number of benzene rings is 1. The van der Waals surface area contributed by atoms with Crippen LogP contribution in [0.1, 0.15) is 15.9 Å². The third-order valence-electron chi connectivity index (χ3n) is 2.52. The van der Waals surface area contributed by atoms with Crippen LogP contribution in [0.5, 0.6) is 5.75 Å². The molecule has 0 aliphatic heterocycles. The Kier molecular flexibility index (Phi) is 4.13. The fraction of sp³-hybridized carbons (Fsp3) is 0.364. The van der Waals surface area contributed by atoms with Crippen LogP contribution in [0.15, 0.2) is 18.2 Å². The summed E-state index contributed by atoms with van der Waals surface area (Å²) < 4.78 is 93.4. The Morgan fingerprint density at radius 2 is 1.62 bits per heavy atom. The van der Waals surface area contributed by atoms with E-state index in [1.807, 2.05) is 0 Å². The van der Waals surface area contributed by atoms with Gasteiger partial charge in [0.1, 0.15) is 11.3 Å². The summed E-state index contributed by atoms with van der Waals surface area (Å²) in [6, 6.07) is 1.43. The van der Waals surface area contributed by atoms with Gasteiger partial charge in [0.2, 0.25) is 0 Å². The number of esters is 1. The number of methoxy groups -OCH3 is 1. The number of hydrogen-bond donors (Lipinski definition) is 1. The monoisotopic (exact) mass is 320 g/mol. The number of phenols is 1. The molecule has 0 spiro atoms. The molecule has 0 radical (unpaired) electrons. The first-order valence-electron chi connectivity index (χ1n) is 5.11. The second-order valence-corrected chi connectivity index (χ2v) is 3.84. The minimum Gasteiger partial charge on any atom is -0.507 e. The van der Waals surface area contributed by atoms with E-state index in [2.05, 4.69) is 4.74 Å². The Morgan fingerprint density at radius 3 is 2.05 bits per heavy atom. The molecule has 0 saturated carbocycles. The molecule has 21 heavy (non-hydrogen) atoms. The van der Waals surface area contributed by atoms with Crippen molar-refractivity contribution in [3.8, 4) is 5.75 Å². The van der Waals surface area contributed by atoms with Crippen molar-refractivity contribution in [2.75, 3.05) is 7.11 Å². The van der Waals surface area contributed by atoms with E-state index < -0.39 is 40.9 Å². The number of alkyl halides is 7. The van der Waals surface area contributed by atoms with Crippen molar-refractivity contribution in [1.29, 1.82) is 0 Å². The number of hydrogen-bond acceptors (Lipinski definition) is 3. The predicted molar refractivity (Wildman–Crippen MR) is 54.3 cm³/mol. The molecule has 1 N–H and O–H groups in total. The lowest BCUT2D eigenvalue weighted by Gasteiger charge is -2.29. The SMILES string of the molecule is COC(=O)c1c(O)cccc1C(F)(F)C(F)(F)C(F)(F)F. The van der Waals surface area contributed by atoms with Gasteiger partial charge >= 0.3 is 24.0 Å². The number of ether oxygens (including phenoxy) is 1. The first-order chi connectivity index (χ1) is 9.38. The average molecular weight is 320 g/mol. The van der Waals surface area contributed by atoms with Crippen LogP contribution in [0.3, 0.4) is 0 Å². The largest absolute Gasteiger partial charge is 0.507 e. The summed E-state index contributed by atoms with van der Waals surface area (Å²) >= 11 is 0. The lowest BCUT2D eigenvalue weighted by Crippen LogP contribution is -2.50. The summed E-state index contributed by atoms with van der Waals surface area (Å²) in [5.74, 6) is -15.1. The third kappa shape index (κ3) is 2.61. The van der Waals surface area contributed by atoms with Crippen molar-refractivity contribution in [3.63, 3.8) is 0 Å². The molecule has 118 valence electrons. The molecule has 0 atom stereocenters. The molecule has 1 rings (SSSR count). The van der Waals surface area contributed by atoms with Crippen LogP contribution < -0.4 is 0 Å². The van der Waals surface area contributed by atoms with Crippen LogP contribution in [0.4, 0.5) is 30.7 Å². The molecule has 0 aromatic heterocycles. The number of aromatic hydroxyl groups is 1. The zero-order valence-electron chi connectivity index (χ0n) is 10.1. The van der Waals surface area contributed by atoms with Crippen molar-refractivity contribution in [2.45, 2.75) is 18.0 Å². The summed E-state index contributed by atoms with van der Waals surface area (Å²) in [4.78, 5) is 11.2. The normalized spacial score (nSPS) is 13.1. The lowest BCUT2D eigenvalue weighted by molar-refractivity contribution is -0.359. The highest BCUT2D eigenvalue weighted by Gasteiger charge is 2.74. The first kappa shape index (κ1) is 17.1. The smallest absolute Gasteiger partial charge is 0.460 e. The molecule has 0 heterocycles. The molecule has 3 nitrogen and oxygen atoms in total. The van der Waals surface area contributed by atoms with Crippen LogP contribution in [0.2, 0.25) is 0 Å². The van der Waals surface area contributed by atoms with Crippen LogP contribution in [-0.4, -0.2) is 30.3 Å². The van der Waals surface area contributed by atoms with Crippen LogP contribution in [0.25, 0.3) is 0 Å². The van der Waals surface area contributed by atoms with E-state index in [0.29, 0.717) is 19.2 Å². The van der Waals surface area contributed by atoms with Gasteiger partial charge in [0.15, 0.2) is 0 Å². The zero-order chi connectivity index (χ0) is 16.6. The molecule has 0 amide bonds. The molecule has 1 aromatic carbocycles. The van der Waals surface area contributed by atoms with Crippen LogP contribution in [0, 0.1) is 0 Å². The van der Waals surface area contributed by atoms with Crippen molar-refractivity contribution in [2.24, 2.45) is 0 Å². The van der Waals surface area contributed by atoms with E-state index >= 15 is 0 Å². The van der Waals surface area contributed by atoms with E-state index in [0.717, 1.165) is 0 Å². The van der Waals surface area contributed by atoms with Gasteiger partial charge in [-0.1, -0.05) is 12.1 Å². The number of rotatable bonds is 3. The van der Waals surface area contributed by atoms with Crippen molar-refractivity contribution < 1.29 is 45.4 Å². The highest BCUT2D eigenvalue weighted by atomic mass is 19.4. The minimum atomic E-state index is -6.56. The van der Waals surface area contributed by atoms with Crippen molar-refractivity contribution >= 4 is 5.97 Å². The summed E-state index contributed by atoms with van der Waals surface area (Å²) in [6.07, 6.45) is -6.56. The van der Waals surface area contributed by atoms with E-state index in [9.17, 15) is 40.6 Å². The Labute approximate surface area is 112 Å². The molecule has 0 fully saturated rings.